The summed E-state index contributed by atoms with van der Waals surface area (Å²) >= 11 is 5.62. The average molecular weight is 293 g/mol. The molecule has 0 fully saturated rings. The Morgan fingerprint density at radius 2 is 1.94 bits per heavy atom. The molecule has 0 aliphatic carbocycles. The smallest absolute Gasteiger partial charge is 0.266 e. The lowest BCUT2D eigenvalue weighted by atomic mass is 9.98. The van der Waals surface area contributed by atoms with E-state index in [0.717, 1.165) is 12.3 Å². The van der Waals surface area contributed by atoms with Crippen molar-refractivity contribution >= 4 is 21.6 Å². The maximum Gasteiger partial charge on any atom is 0.266 e. The third kappa shape index (κ3) is 3.34. The Labute approximate surface area is 112 Å². The van der Waals surface area contributed by atoms with E-state index in [4.69, 9.17) is 11.6 Å². The first-order valence-electron chi connectivity index (χ1n) is 5.66. The van der Waals surface area contributed by atoms with Crippen LogP contribution < -0.4 is 10.3 Å². The highest BCUT2D eigenvalue weighted by Gasteiger charge is 2.27. The molecule has 102 valence electrons. The second kappa shape index (κ2) is 5.42. The lowest BCUT2D eigenvalue weighted by Crippen LogP contribution is -2.44. The second-order valence-corrected chi connectivity index (χ2v) is 6.48. The van der Waals surface area contributed by atoms with Crippen LogP contribution >= 0.6 is 11.6 Å². The molecule has 2 N–H and O–H groups in total. The van der Waals surface area contributed by atoms with Crippen LogP contribution in [0.15, 0.2) is 22.0 Å². The molecule has 0 atom stereocenters. The van der Waals surface area contributed by atoms with Gasteiger partial charge in [-0.3, -0.25) is 4.79 Å². The number of hydrogen-bond acceptors (Lipinski definition) is 3. The fourth-order valence-electron chi connectivity index (χ4n) is 1.37. The standard InChI is InChI=1S/C11H17ClN2O3S/c1-4-11(3,5-2)14-18(16,17)8-6-9(12)10(15)13-7-8/h6-7,14H,4-5H2,1-3H3,(H,13,15). The number of aromatic amines is 1. The van der Waals surface area contributed by atoms with Gasteiger partial charge in [0, 0.05) is 11.7 Å². The van der Waals surface area contributed by atoms with Gasteiger partial charge in [0.25, 0.3) is 5.56 Å². The van der Waals surface area contributed by atoms with Crippen molar-refractivity contribution in [1.29, 1.82) is 0 Å². The topological polar surface area (TPSA) is 79.0 Å². The monoisotopic (exact) mass is 292 g/mol. The van der Waals surface area contributed by atoms with Crippen LogP contribution in [0.4, 0.5) is 0 Å². The zero-order valence-corrected chi connectivity index (χ0v) is 12.2. The Morgan fingerprint density at radius 3 is 2.39 bits per heavy atom. The van der Waals surface area contributed by atoms with Crippen molar-refractivity contribution in [3.8, 4) is 0 Å². The predicted octanol–water partition coefficient (Wildman–Crippen LogP) is 1.89. The third-order valence-corrected chi connectivity index (χ3v) is 4.98. The molecule has 1 aromatic heterocycles. The number of hydrogen-bond donors (Lipinski definition) is 2. The van der Waals surface area contributed by atoms with Crippen LogP contribution in [0.1, 0.15) is 33.6 Å². The van der Waals surface area contributed by atoms with Gasteiger partial charge in [0.15, 0.2) is 0 Å². The van der Waals surface area contributed by atoms with E-state index in [1.807, 2.05) is 20.8 Å². The third-order valence-electron chi connectivity index (χ3n) is 3.08. The number of nitrogens with one attached hydrogen (secondary N) is 2. The average Bonchev–Trinajstić information content (AvgIpc) is 2.32. The van der Waals surface area contributed by atoms with Crippen LogP contribution in [-0.2, 0) is 10.0 Å². The molecule has 0 aliphatic rings. The van der Waals surface area contributed by atoms with E-state index in [0.29, 0.717) is 12.8 Å². The zero-order chi connectivity index (χ0) is 14.0. The predicted molar refractivity (Wildman–Crippen MR) is 71.4 cm³/mol. The first-order chi connectivity index (χ1) is 8.24. The zero-order valence-electron chi connectivity index (χ0n) is 10.6. The summed E-state index contributed by atoms with van der Waals surface area (Å²) in [5.41, 5.74) is -1.02. The number of H-pyrrole nitrogens is 1. The first-order valence-corrected chi connectivity index (χ1v) is 7.52. The molecule has 7 heteroatoms. The van der Waals surface area contributed by atoms with Gasteiger partial charge < -0.3 is 4.98 Å². The molecule has 0 aliphatic heterocycles. The molecule has 18 heavy (non-hydrogen) atoms. The van der Waals surface area contributed by atoms with Crippen LogP contribution in [0.25, 0.3) is 0 Å². The molecule has 5 nitrogen and oxygen atoms in total. The summed E-state index contributed by atoms with van der Waals surface area (Å²) < 4.78 is 26.9. The Kier molecular flexibility index (Phi) is 4.58. The van der Waals surface area contributed by atoms with Gasteiger partial charge in [0.1, 0.15) is 5.02 Å². The van der Waals surface area contributed by atoms with E-state index in [1.54, 1.807) is 0 Å². The number of halogens is 1. The van der Waals surface area contributed by atoms with E-state index >= 15 is 0 Å². The molecule has 1 aromatic rings. The van der Waals surface area contributed by atoms with Crippen molar-refractivity contribution < 1.29 is 8.42 Å². The Hall–Kier alpha value is -0.850. The van der Waals surface area contributed by atoms with Gasteiger partial charge in [0.05, 0.1) is 4.90 Å². The van der Waals surface area contributed by atoms with Gasteiger partial charge in [0.2, 0.25) is 10.0 Å². The minimum Gasteiger partial charge on any atom is -0.326 e. The maximum atomic E-state index is 12.1. The van der Waals surface area contributed by atoms with E-state index < -0.39 is 21.1 Å². The molecule has 0 amide bonds. The number of sulfonamides is 1. The quantitative estimate of drug-likeness (QED) is 0.870. The minimum atomic E-state index is -3.69. The second-order valence-electron chi connectivity index (χ2n) is 4.39. The molecule has 0 bridgehead atoms. The van der Waals surface area contributed by atoms with Gasteiger partial charge in [-0.25, -0.2) is 13.1 Å². The maximum absolute atomic E-state index is 12.1. The Balaban J connectivity index is 3.14. The van der Waals surface area contributed by atoms with Gasteiger partial charge in [-0.15, -0.1) is 0 Å². The van der Waals surface area contributed by atoms with Crippen LogP contribution in [0.5, 0.6) is 0 Å². The van der Waals surface area contributed by atoms with Crippen molar-refractivity contribution in [3.05, 3.63) is 27.6 Å². The van der Waals surface area contributed by atoms with Crippen LogP contribution in [-0.4, -0.2) is 18.9 Å². The summed E-state index contributed by atoms with van der Waals surface area (Å²) in [5, 5.41) is -0.146. The van der Waals surface area contributed by atoms with Crippen LogP contribution in [0.2, 0.25) is 5.02 Å². The molecule has 0 radical (unpaired) electrons. The highest BCUT2D eigenvalue weighted by molar-refractivity contribution is 7.89. The molecule has 0 unspecified atom stereocenters. The van der Waals surface area contributed by atoms with Gasteiger partial charge >= 0.3 is 0 Å². The fourth-order valence-corrected chi connectivity index (χ4v) is 3.15. The van der Waals surface area contributed by atoms with E-state index in [1.165, 1.54) is 0 Å². The minimum absolute atomic E-state index is 0.0415. The lowest BCUT2D eigenvalue weighted by Gasteiger charge is -2.27. The summed E-state index contributed by atoms with van der Waals surface area (Å²) in [7, 11) is -3.69. The number of rotatable bonds is 5. The van der Waals surface area contributed by atoms with Crippen molar-refractivity contribution in [2.75, 3.05) is 0 Å². The summed E-state index contributed by atoms with van der Waals surface area (Å²) in [6, 6.07) is 1.15. The van der Waals surface area contributed by atoms with Crippen molar-refractivity contribution in [2.24, 2.45) is 0 Å². The molecule has 0 aromatic carbocycles. The SMILES string of the molecule is CCC(C)(CC)NS(=O)(=O)c1c[nH]c(=O)c(Cl)c1. The molecule has 0 spiro atoms. The number of pyridine rings is 1. The lowest BCUT2D eigenvalue weighted by molar-refractivity contribution is 0.388. The summed E-state index contributed by atoms with van der Waals surface area (Å²) in [6.45, 7) is 5.65. The van der Waals surface area contributed by atoms with E-state index in [-0.39, 0.29) is 9.92 Å². The molecule has 1 heterocycles. The van der Waals surface area contributed by atoms with E-state index in [2.05, 4.69) is 9.71 Å². The van der Waals surface area contributed by atoms with Crippen LogP contribution in [0, 0.1) is 0 Å². The van der Waals surface area contributed by atoms with E-state index in [9.17, 15) is 13.2 Å². The number of aromatic nitrogens is 1. The normalized spacial score (nSPS) is 12.7. The Bertz CT molecular complexity index is 576. The summed E-state index contributed by atoms with van der Waals surface area (Å²) in [5.74, 6) is 0. The highest BCUT2D eigenvalue weighted by Crippen LogP contribution is 2.19. The summed E-state index contributed by atoms with van der Waals surface area (Å²) in [6.07, 6.45) is 2.47. The van der Waals surface area contributed by atoms with Crippen molar-refractivity contribution in [1.82, 2.24) is 9.71 Å². The highest BCUT2D eigenvalue weighted by atomic mass is 35.5. The van der Waals surface area contributed by atoms with Crippen molar-refractivity contribution in [3.63, 3.8) is 0 Å². The molecule has 1 rings (SSSR count). The largest absolute Gasteiger partial charge is 0.326 e. The molecular weight excluding hydrogens is 276 g/mol. The van der Waals surface area contributed by atoms with Gasteiger partial charge in [-0.05, 0) is 25.8 Å². The van der Waals surface area contributed by atoms with Gasteiger partial charge in [-0.2, -0.15) is 0 Å². The molecular formula is C11H17ClN2O3S. The summed E-state index contributed by atoms with van der Waals surface area (Å²) in [4.78, 5) is 13.3. The molecule has 0 saturated heterocycles. The van der Waals surface area contributed by atoms with Gasteiger partial charge in [-0.1, -0.05) is 25.4 Å². The Morgan fingerprint density at radius 1 is 1.39 bits per heavy atom. The first kappa shape index (κ1) is 15.2. The molecule has 0 saturated carbocycles. The van der Waals surface area contributed by atoms with Crippen LogP contribution in [0.3, 0.4) is 0 Å². The van der Waals surface area contributed by atoms with Crippen molar-refractivity contribution in [2.45, 2.75) is 44.0 Å². The fraction of sp³-hybridized carbons (Fsp3) is 0.545.